The molecule has 0 bridgehead atoms. The van der Waals surface area contributed by atoms with Crippen LogP contribution in [0.2, 0.25) is 0 Å². The normalized spacial score (nSPS) is 13.1. The number of fused-ring (bicyclic) bond motifs is 1. The van der Waals surface area contributed by atoms with Gasteiger partial charge in [0.25, 0.3) is 5.91 Å². The molecule has 1 unspecified atom stereocenters. The van der Waals surface area contributed by atoms with Crippen molar-refractivity contribution in [3.05, 3.63) is 95.7 Å². The smallest absolute Gasteiger partial charge is 0.255 e. The predicted octanol–water partition coefficient (Wildman–Crippen LogP) is 7.31. The fourth-order valence-electron chi connectivity index (χ4n) is 5.11. The number of aryl methyl sites for hydroxylation is 1. The van der Waals surface area contributed by atoms with E-state index in [-0.39, 0.29) is 22.8 Å². The van der Waals surface area contributed by atoms with Crippen molar-refractivity contribution in [2.45, 2.75) is 38.0 Å². The van der Waals surface area contributed by atoms with E-state index < -0.39 is 19.8 Å². The highest BCUT2D eigenvalue weighted by molar-refractivity contribution is 7.92. The Balaban J connectivity index is 1.43. The first kappa shape index (κ1) is 34.3. The van der Waals surface area contributed by atoms with Crippen molar-refractivity contribution in [3.8, 4) is 16.9 Å². The third-order valence-electron chi connectivity index (χ3n) is 7.65. The minimum Gasteiger partial charge on any atom is -0.492 e. The molecule has 0 aliphatic rings. The molecule has 48 heavy (non-hydrogen) atoms. The van der Waals surface area contributed by atoms with Gasteiger partial charge in [0.1, 0.15) is 0 Å². The molecule has 0 fully saturated rings. The van der Waals surface area contributed by atoms with Gasteiger partial charge in [-0.25, -0.2) is 27.4 Å². The zero-order valence-corrected chi connectivity index (χ0v) is 29.4. The number of aromatic nitrogens is 2. The number of carbonyl (C=O) groups is 1. The third-order valence-corrected chi connectivity index (χ3v) is 9.42. The summed E-state index contributed by atoms with van der Waals surface area (Å²) in [4.78, 5) is 23.2. The second-order valence-electron chi connectivity index (χ2n) is 12.7. The lowest BCUT2D eigenvalue weighted by atomic mass is 9.86. The van der Waals surface area contributed by atoms with Crippen LogP contribution < -0.4 is 20.1 Å². The monoisotopic (exact) mass is 686 g/mol. The standard InChI is InChI=1S/C35H38N6O5S2/c1-21-8-9-23(33(42)39-30-18-25(35(2,3)4)19-31(32(30)46-5)41-48(7,44)45)17-28(21)22-10-15-29-24(16-22)20-37-34(40-29)38-26-11-13-27(14-12-26)47(6,36)43/h8-20,36,41H,1-7H3,(H,39,42)(H,37,38,40). The predicted molar refractivity (Wildman–Crippen MR) is 193 cm³/mol. The van der Waals surface area contributed by atoms with Gasteiger partial charge in [0.15, 0.2) is 5.75 Å². The molecule has 1 aromatic heterocycles. The van der Waals surface area contributed by atoms with Gasteiger partial charge in [-0.1, -0.05) is 32.9 Å². The topological polar surface area (TPSA) is 163 Å². The Kier molecular flexibility index (Phi) is 9.22. The Labute approximate surface area is 281 Å². The Hall–Kier alpha value is -5.01. The molecule has 0 saturated heterocycles. The summed E-state index contributed by atoms with van der Waals surface area (Å²) in [5.74, 6) is 0.207. The average Bonchev–Trinajstić information content (AvgIpc) is 2.99. The maximum atomic E-state index is 13.6. The van der Waals surface area contributed by atoms with E-state index in [0.717, 1.165) is 33.9 Å². The Morgan fingerprint density at radius 3 is 2.21 bits per heavy atom. The SMILES string of the molecule is COc1c(NC(=O)c2ccc(C)c(-c3ccc4nc(Nc5ccc(S(C)(=N)=O)cc5)ncc4c3)c2)cc(C(C)(C)C)cc1NS(C)(=O)=O. The van der Waals surface area contributed by atoms with Gasteiger partial charge in [0, 0.05) is 34.0 Å². The number of amides is 1. The maximum Gasteiger partial charge on any atom is 0.255 e. The van der Waals surface area contributed by atoms with Gasteiger partial charge >= 0.3 is 0 Å². The van der Waals surface area contributed by atoms with Crippen molar-refractivity contribution in [1.29, 1.82) is 4.78 Å². The summed E-state index contributed by atoms with van der Waals surface area (Å²) in [6.45, 7) is 7.95. The molecular weight excluding hydrogens is 649 g/mol. The Morgan fingerprint density at radius 2 is 1.58 bits per heavy atom. The summed E-state index contributed by atoms with van der Waals surface area (Å²) >= 11 is 0. The number of methoxy groups -OCH3 is 1. The third kappa shape index (κ3) is 7.92. The molecule has 1 atom stereocenters. The van der Waals surface area contributed by atoms with Gasteiger partial charge in [0.05, 0.1) is 40.0 Å². The number of nitrogens with zero attached hydrogens (tertiary/aromatic N) is 2. The van der Waals surface area contributed by atoms with Crippen molar-refractivity contribution in [2.75, 3.05) is 35.0 Å². The van der Waals surface area contributed by atoms with E-state index in [4.69, 9.17) is 9.52 Å². The van der Waals surface area contributed by atoms with Crippen molar-refractivity contribution in [2.24, 2.45) is 0 Å². The Bertz CT molecular complexity index is 2260. The fraction of sp³-hybridized carbons (Fsp3) is 0.229. The van der Waals surface area contributed by atoms with E-state index in [1.165, 1.54) is 13.4 Å². The van der Waals surface area contributed by atoms with E-state index in [1.807, 2.05) is 58.0 Å². The van der Waals surface area contributed by atoms with Crippen LogP contribution in [-0.2, 0) is 25.2 Å². The minimum atomic E-state index is -3.62. The molecule has 0 saturated carbocycles. The second kappa shape index (κ2) is 12.9. The first-order valence-electron chi connectivity index (χ1n) is 14.9. The number of rotatable bonds is 9. The molecule has 4 aromatic carbocycles. The number of ether oxygens (including phenoxy) is 1. The van der Waals surface area contributed by atoms with Gasteiger partial charge in [-0.15, -0.1) is 0 Å². The molecule has 5 rings (SSSR count). The van der Waals surface area contributed by atoms with Crippen LogP contribution in [-0.4, -0.2) is 48.1 Å². The molecule has 11 nitrogen and oxygen atoms in total. The zero-order valence-electron chi connectivity index (χ0n) is 27.8. The number of benzene rings is 4. The highest BCUT2D eigenvalue weighted by Crippen LogP contribution is 2.39. The molecule has 0 radical (unpaired) electrons. The molecule has 13 heteroatoms. The Morgan fingerprint density at radius 1 is 0.896 bits per heavy atom. The van der Waals surface area contributed by atoms with Gasteiger partial charge < -0.3 is 15.4 Å². The minimum absolute atomic E-state index is 0.203. The molecule has 1 heterocycles. The first-order chi connectivity index (χ1) is 22.4. The van der Waals surface area contributed by atoms with Crippen molar-refractivity contribution < 1.29 is 22.2 Å². The number of hydrogen-bond acceptors (Lipinski definition) is 9. The summed E-state index contributed by atoms with van der Waals surface area (Å²) < 4.78 is 52.0. The van der Waals surface area contributed by atoms with E-state index in [2.05, 4.69) is 25.3 Å². The van der Waals surface area contributed by atoms with Crippen LogP contribution in [0.15, 0.2) is 83.9 Å². The number of nitrogens with one attached hydrogen (secondary N) is 4. The summed E-state index contributed by atoms with van der Waals surface area (Å²) in [6, 6.07) is 21.5. The van der Waals surface area contributed by atoms with Gasteiger partial charge in [-0.3, -0.25) is 9.52 Å². The summed E-state index contributed by atoms with van der Waals surface area (Å²) in [5.41, 5.74) is 5.55. The van der Waals surface area contributed by atoms with Crippen LogP contribution in [0.5, 0.6) is 5.75 Å². The van der Waals surface area contributed by atoms with E-state index in [9.17, 15) is 17.4 Å². The maximum absolute atomic E-state index is 13.6. The van der Waals surface area contributed by atoms with Crippen molar-refractivity contribution in [3.63, 3.8) is 0 Å². The lowest BCUT2D eigenvalue weighted by Crippen LogP contribution is -2.18. The van der Waals surface area contributed by atoms with Gasteiger partial charge in [-0.05, 0) is 95.3 Å². The fourth-order valence-corrected chi connectivity index (χ4v) is 6.31. The summed E-state index contributed by atoms with van der Waals surface area (Å²) in [5, 5.41) is 6.88. The van der Waals surface area contributed by atoms with Gasteiger partial charge in [-0.2, -0.15) is 0 Å². The zero-order chi connectivity index (χ0) is 35.0. The van der Waals surface area contributed by atoms with Crippen LogP contribution in [0.4, 0.5) is 23.0 Å². The van der Waals surface area contributed by atoms with E-state index >= 15 is 0 Å². The number of carbonyl (C=O) groups excluding carboxylic acids is 1. The number of anilines is 4. The number of sulfonamides is 1. The summed E-state index contributed by atoms with van der Waals surface area (Å²) in [7, 11) is -5.00. The van der Waals surface area contributed by atoms with Crippen LogP contribution in [0.3, 0.4) is 0 Å². The molecular formula is C35H38N6O5S2. The molecule has 0 aliphatic heterocycles. The molecule has 250 valence electrons. The highest BCUT2D eigenvalue weighted by Gasteiger charge is 2.23. The molecule has 1 amide bonds. The molecule has 5 aromatic rings. The number of hydrogen-bond donors (Lipinski definition) is 4. The van der Waals surface area contributed by atoms with Crippen LogP contribution >= 0.6 is 0 Å². The van der Waals surface area contributed by atoms with Crippen LogP contribution in [0.1, 0.15) is 42.3 Å². The highest BCUT2D eigenvalue weighted by atomic mass is 32.2. The average molecular weight is 687 g/mol. The molecule has 0 aliphatic carbocycles. The largest absolute Gasteiger partial charge is 0.492 e. The molecule has 4 N–H and O–H groups in total. The van der Waals surface area contributed by atoms with E-state index in [1.54, 1.807) is 48.7 Å². The lowest BCUT2D eigenvalue weighted by Gasteiger charge is -2.24. The first-order valence-corrected chi connectivity index (χ1v) is 18.8. The second-order valence-corrected chi connectivity index (χ2v) is 16.6. The lowest BCUT2D eigenvalue weighted by molar-refractivity contribution is 0.102. The van der Waals surface area contributed by atoms with Crippen molar-refractivity contribution >= 4 is 59.6 Å². The molecule has 0 spiro atoms. The van der Waals surface area contributed by atoms with E-state index in [0.29, 0.717) is 33.3 Å². The quantitative estimate of drug-likeness (QED) is 0.125. The van der Waals surface area contributed by atoms with Gasteiger partial charge in [0.2, 0.25) is 16.0 Å². The van der Waals surface area contributed by atoms with Crippen molar-refractivity contribution in [1.82, 2.24) is 9.97 Å². The summed E-state index contributed by atoms with van der Waals surface area (Å²) in [6.07, 6.45) is 4.16. The van der Waals surface area contributed by atoms with Crippen LogP contribution in [0, 0.1) is 11.7 Å². The van der Waals surface area contributed by atoms with Crippen LogP contribution in [0.25, 0.3) is 22.0 Å².